The molecule has 4 aromatic rings. The third-order valence-electron chi connectivity index (χ3n) is 5.85. The lowest BCUT2D eigenvalue weighted by molar-refractivity contribution is 0.243. The van der Waals surface area contributed by atoms with Gasteiger partial charge in [0.2, 0.25) is 5.95 Å². The summed E-state index contributed by atoms with van der Waals surface area (Å²) in [6.07, 6.45) is 7.19. The van der Waals surface area contributed by atoms with Gasteiger partial charge in [-0.15, -0.1) is 0 Å². The molecule has 5 rings (SSSR count). The fourth-order valence-electron chi connectivity index (χ4n) is 4.23. The van der Waals surface area contributed by atoms with Crippen LogP contribution in [0.3, 0.4) is 0 Å². The minimum absolute atomic E-state index is 0.140. The predicted molar refractivity (Wildman–Crippen MR) is 130 cm³/mol. The normalized spacial score (nSPS) is 18.1. The van der Waals surface area contributed by atoms with Crippen LogP contribution in [-0.4, -0.2) is 38.1 Å². The zero-order chi connectivity index (χ0) is 22.6. The van der Waals surface area contributed by atoms with E-state index >= 15 is 0 Å². The van der Waals surface area contributed by atoms with E-state index in [0.717, 1.165) is 53.7 Å². The smallest absolute Gasteiger partial charge is 0.319 e. The standard InChI is InChI=1S/C24H24ClN7O/c25-21-13-20(19-14-27-22-18(19)7-4-12-26-22)31-23(32-21)28-16-8-10-17(11-9-16)30-24(33)29-15-5-2-1-3-6-15/h1-7,12-14,16-17H,8-11H2,(H,26,27)(H,28,31,32)(H2,29,30,33). The first-order chi connectivity index (χ1) is 16.1. The first-order valence-corrected chi connectivity index (χ1v) is 11.4. The maximum absolute atomic E-state index is 12.3. The molecule has 1 fully saturated rings. The van der Waals surface area contributed by atoms with Crippen LogP contribution in [0.5, 0.6) is 0 Å². The van der Waals surface area contributed by atoms with Crippen LogP contribution in [-0.2, 0) is 0 Å². The van der Waals surface area contributed by atoms with Crippen molar-refractivity contribution in [1.82, 2.24) is 25.3 Å². The minimum Gasteiger partial charge on any atom is -0.351 e. The van der Waals surface area contributed by atoms with E-state index in [0.29, 0.717) is 11.1 Å². The Kier molecular flexibility index (Phi) is 6.08. The molecule has 1 saturated carbocycles. The van der Waals surface area contributed by atoms with Gasteiger partial charge in [0.15, 0.2) is 0 Å². The third kappa shape index (κ3) is 5.06. The van der Waals surface area contributed by atoms with Crippen molar-refractivity contribution in [2.75, 3.05) is 10.6 Å². The molecule has 4 N–H and O–H groups in total. The van der Waals surface area contributed by atoms with E-state index in [9.17, 15) is 4.79 Å². The van der Waals surface area contributed by atoms with Crippen LogP contribution >= 0.6 is 11.6 Å². The summed E-state index contributed by atoms with van der Waals surface area (Å²) in [5, 5.41) is 10.7. The molecule has 0 spiro atoms. The number of halogens is 1. The number of carbonyl (C=O) groups excluding carboxylic acids is 1. The first-order valence-electron chi connectivity index (χ1n) is 11.0. The molecule has 33 heavy (non-hydrogen) atoms. The predicted octanol–water partition coefficient (Wildman–Crippen LogP) is 5.22. The number of carbonyl (C=O) groups is 1. The number of fused-ring (bicyclic) bond motifs is 1. The van der Waals surface area contributed by atoms with E-state index in [2.05, 4.69) is 30.9 Å². The number of rotatable bonds is 5. The quantitative estimate of drug-likeness (QED) is 0.305. The largest absolute Gasteiger partial charge is 0.351 e. The number of nitrogens with one attached hydrogen (secondary N) is 4. The highest BCUT2D eigenvalue weighted by Crippen LogP contribution is 2.29. The molecule has 168 valence electrons. The number of hydrogen-bond donors (Lipinski definition) is 4. The van der Waals surface area contributed by atoms with Crippen molar-refractivity contribution < 1.29 is 4.79 Å². The number of hydrogen-bond acceptors (Lipinski definition) is 5. The first kappa shape index (κ1) is 21.2. The zero-order valence-electron chi connectivity index (χ0n) is 17.9. The number of pyridine rings is 1. The van der Waals surface area contributed by atoms with Crippen LogP contribution in [0.2, 0.25) is 5.15 Å². The maximum atomic E-state index is 12.3. The molecule has 0 bridgehead atoms. The second kappa shape index (κ2) is 9.46. The van der Waals surface area contributed by atoms with E-state index in [1.165, 1.54) is 0 Å². The fraction of sp³-hybridized carbons (Fsp3) is 0.250. The Hall–Kier alpha value is -3.65. The molecule has 9 heteroatoms. The molecule has 0 radical (unpaired) electrons. The summed E-state index contributed by atoms with van der Waals surface area (Å²) in [4.78, 5) is 28.8. The summed E-state index contributed by atoms with van der Waals surface area (Å²) < 4.78 is 0. The van der Waals surface area contributed by atoms with Crippen LogP contribution in [0.4, 0.5) is 16.4 Å². The molecular formula is C24H24ClN7O. The van der Waals surface area contributed by atoms with Gasteiger partial charge in [0, 0.05) is 47.2 Å². The van der Waals surface area contributed by atoms with Crippen molar-refractivity contribution in [2.24, 2.45) is 0 Å². The summed E-state index contributed by atoms with van der Waals surface area (Å²) in [5.74, 6) is 0.508. The zero-order valence-corrected chi connectivity index (χ0v) is 18.6. The lowest BCUT2D eigenvalue weighted by Crippen LogP contribution is -2.42. The van der Waals surface area contributed by atoms with Gasteiger partial charge in [-0.2, -0.15) is 0 Å². The highest BCUT2D eigenvalue weighted by Gasteiger charge is 2.23. The van der Waals surface area contributed by atoms with Crippen molar-refractivity contribution in [3.63, 3.8) is 0 Å². The Morgan fingerprint density at radius 1 is 1.00 bits per heavy atom. The summed E-state index contributed by atoms with van der Waals surface area (Å²) in [5.41, 5.74) is 3.26. The lowest BCUT2D eigenvalue weighted by Gasteiger charge is -2.29. The van der Waals surface area contributed by atoms with Crippen molar-refractivity contribution >= 4 is 40.3 Å². The lowest BCUT2D eigenvalue weighted by atomic mass is 9.91. The average molecular weight is 462 g/mol. The highest BCUT2D eigenvalue weighted by molar-refractivity contribution is 6.29. The van der Waals surface area contributed by atoms with Crippen LogP contribution in [0.1, 0.15) is 25.7 Å². The molecule has 2 amide bonds. The van der Waals surface area contributed by atoms with Gasteiger partial charge < -0.3 is 20.9 Å². The Morgan fingerprint density at radius 3 is 2.61 bits per heavy atom. The van der Waals surface area contributed by atoms with Gasteiger partial charge in [-0.25, -0.2) is 19.7 Å². The van der Waals surface area contributed by atoms with Crippen molar-refractivity contribution in [2.45, 2.75) is 37.8 Å². The van der Waals surface area contributed by atoms with Gasteiger partial charge >= 0.3 is 6.03 Å². The van der Waals surface area contributed by atoms with E-state index in [1.54, 1.807) is 12.3 Å². The van der Waals surface area contributed by atoms with Crippen molar-refractivity contribution in [1.29, 1.82) is 0 Å². The fourth-order valence-corrected chi connectivity index (χ4v) is 4.41. The Morgan fingerprint density at radius 2 is 1.79 bits per heavy atom. The number of aromatic amines is 1. The van der Waals surface area contributed by atoms with Crippen molar-refractivity contribution in [3.05, 3.63) is 66.1 Å². The second-order valence-electron chi connectivity index (χ2n) is 8.16. The second-order valence-corrected chi connectivity index (χ2v) is 8.55. The molecule has 0 unspecified atom stereocenters. The molecule has 0 saturated heterocycles. The number of H-pyrrole nitrogens is 1. The number of amides is 2. The molecule has 0 aliphatic heterocycles. The minimum atomic E-state index is -0.173. The molecule has 0 atom stereocenters. The van der Waals surface area contributed by atoms with E-state index in [4.69, 9.17) is 16.6 Å². The molecule has 3 heterocycles. The monoisotopic (exact) mass is 461 g/mol. The molecule has 8 nitrogen and oxygen atoms in total. The van der Waals surface area contributed by atoms with Gasteiger partial charge in [-0.1, -0.05) is 29.8 Å². The van der Waals surface area contributed by atoms with E-state index in [-0.39, 0.29) is 18.1 Å². The Labute approximate surface area is 196 Å². The summed E-state index contributed by atoms with van der Waals surface area (Å²) in [6.45, 7) is 0. The molecular weight excluding hydrogens is 438 g/mol. The topological polar surface area (TPSA) is 108 Å². The van der Waals surface area contributed by atoms with E-state index in [1.807, 2.05) is 48.7 Å². The van der Waals surface area contributed by atoms with Crippen LogP contribution in [0, 0.1) is 0 Å². The van der Waals surface area contributed by atoms with E-state index < -0.39 is 0 Å². The Bertz CT molecular complexity index is 1250. The van der Waals surface area contributed by atoms with Crippen LogP contribution in [0.15, 0.2) is 60.9 Å². The van der Waals surface area contributed by atoms with Gasteiger partial charge in [0.1, 0.15) is 10.8 Å². The van der Waals surface area contributed by atoms with Gasteiger partial charge in [0.05, 0.1) is 5.69 Å². The van der Waals surface area contributed by atoms with Crippen LogP contribution in [0.25, 0.3) is 22.3 Å². The molecule has 1 aromatic carbocycles. The Balaban J connectivity index is 1.19. The van der Waals surface area contributed by atoms with Gasteiger partial charge in [-0.3, -0.25) is 0 Å². The number of anilines is 2. The average Bonchev–Trinajstić information content (AvgIpc) is 3.25. The SMILES string of the molecule is O=C(Nc1ccccc1)NC1CCC(Nc2nc(Cl)cc(-c3c[nH]c4ncccc34)n2)CC1. The maximum Gasteiger partial charge on any atom is 0.319 e. The highest BCUT2D eigenvalue weighted by atomic mass is 35.5. The van der Waals surface area contributed by atoms with Gasteiger partial charge in [0.25, 0.3) is 0 Å². The number of urea groups is 1. The number of para-hydroxylation sites is 1. The summed E-state index contributed by atoms with van der Waals surface area (Å²) in [6, 6.07) is 15.3. The number of aromatic nitrogens is 4. The number of benzene rings is 1. The third-order valence-corrected chi connectivity index (χ3v) is 6.04. The molecule has 1 aliphatic rings. The van der Waals surface area contributed by atoms with Crippen LogP contribution < -0.4 is 16.0 Å². The summed E-state index contributed by atoms with van der Waals surface area (Å²) in [7, 11) is 0. The van der Waals surface area contributed by atoms with Gasteiger partial charge in [-0.05, 0) is 49.9 Å². The van der Waals surface area contributed by atoms with Crippen molar-refractivity contribution in [3.8, 4) is 11.3 Å². The summed E-state index contributed by atoms with van der Waals surface area (Å²) >= 11 is 6.31. The molecule has 1 aliphatic carbocycles. The number of nitrogens with zero attached hydrogens (tertiary/aromatic N) is 3. The molecule has 3 aromatic heterocycles.